The van der Waals surface area contributed by atoms with Gasteiger partial charge in [0.05, 0.1) is 19.1 Å². The molecule has 0 saturated carbocycles. The largest absolute Gasteiger partial charge is 0.464 e. The first-order chi connectivity index (χ1) is 9.65. The third-order valence-electron chi connectivity index (χ3n) is 2.68. The van der Waals surface area contributed by atoms with Gasteiger partial charge in [0.25, 0.3) is 0 Å². The summed E-state index contributed by atoms with van der Waals surface area (Å²) in [7, 11) is 0. The fourth-order valence-electron chi connectivity index (χ4n) is 1.81. The van der Waals surface area contributed by atoms with Crippen molar-refractivity contribution in [2.24, 2.45) is 5.18 Å². The van der Waals surface area contributed by atoms with Crippen molar-refractivity contribution in [2.75, 3.05) is 6.61 Å². The highest BCUT2D eigenvalue weighted by molar-refractivity contribution is 5.78. The first-order valence-corrected chi connectivity index (χ1v) is 5.94. The summed E-state index contributed by atoms with van der Waals surface area (Å²) < 4.78 is 19.4. The highest BCUT2D eigenvalue weighted by Crippen LogP contribution is 2.22. The molecule has 0 N–H and O–H groups in total. The molecule has 2 aromatic rings. The predicted molar refractivity (Wildman–Crippen MR) is 68.9 cm³/mol. The lowest BCUT2D eigenvalue weighted by Gasteiger charge is -2.17. The zero-order valence-electron chi connectivity index (χ0n) is 10.7. The van der Waals surface area contributed by atoms with E-state index in [9.17, 15) is 14.1 Å². The number of hydrogen-bond acceptors (Lipinski definition) is 5. The molecule has 1 aromatic heterocycles. The summed E-state index contributed by atoms with van der Waals surface area (Å²) in [6.07, 6.45) is 2.64. The van der Waals surface area contributed by atoms with Crippen LogP contribution >= 0.6 is 0 Å². The van der Waals surface area contributed by atoms with E-state index >= 15 is 0 Å². The number of aromatic nitrogens is 2. The molecule has 0 spiro atoms. The zero-order valence-corrected chi connectivity index (χ0v) is 10.7. The molecule has 0 amide bonds. The zero-order chi connectivity index (χ0) is 14.5. The van der Waals surface area contributed by atoms with Crippen molar-refractivity contribution >= 4 is 11.8 Å². The Balaban J connectivity index is 2.40. The topological polar surface area (TPSA) is 73.6 Å². The molecule has 0 aliphatic heterocycles. The van der Waals surface area contributed by atoms with Crippen molar-refractivity contribution in [1.82, 2.24) is 9.55 Å². The highest BCUT2D eigenvalue weighted by atomic mass is 19.1. The number of esters is 1. The van der Waals surface area contributed by atoms with Gasteiger partial charge in [0.1, 0.15) is 5.82 Å². The van der Waals surface area contributed by atoms with Crippen molar-refractivity contribution in [1.29, 1.82) is 0 Å². The second-order valence-electron chi connectivity index (χ2n) is 3.98. The lowest BCUT2D eigenvalue weighted by molar-refractivity contribution is -0.145. The Morgan fingerprint density at radius 1 is 1.45 bits per heavy atom. The van der Waals surface area contributed by atoms with Crippen LogP contribution in [0, 0.1) is 10.7 Å². The van der Waals surface area contributed by atoms with Crippen LogP contribution in [0.3, 0.4) is 0 Å². The molecule has 0 fully saturated rings. The monoisotopic (exact) mass is 277 g/mol. The number of nitroso groups, excluding NO2 is 1. The van der Waals surface area contributed by atoms with Crippen molar-refractivity contribution in [3.8, 4) is 0 Å². The maximum atomic E-state index is 13.0. The molecule has 1 heterocycles. The van der Waals surface area contributed by atoms with E-state index in [2.05, 4.69) is 10.2 Å². The summed E-state index contributed by atoms with van der Waals surface area (Å²) in [5.41, 5.74) is 0.527. The van der Waals surface area contributed by atoms with Crippen molar-refractivity contribution in [2.45, 2.75) is 13.0 Å². The normalized spacial score (nSPS) is 11.9. The Bertz CT molecular complexity index is 610. The SMILES string of the molecule is CCOC(=O)C(c1ccc(F)cc1)n1cnc(N=O)c1. The molecular formula is C13H12FN3O3. The van der Waals surface area contributed by atoms with Gasteiger partial charge in [-0.05, 0) is 29.8 Å². The summed E-state index contributed by atoms with van der Waals surface area (Å²) in [6, 6.07) is 4.61. The molecule has 0 radical (unpaired) electrons. The van der Waals surface area contributed by atoms with E-state index in [4.69, 9.17) is 4.74 Å². The van der Waals surface area contributed by atoms with Gasteiger partial charge in [-0.3, -0.25) is 0 Å². The van der Waals surface area contributed by atoms with E-state index in [-0.39, 0.29) is 12.4 Å². The molecule has 2 rings (SSSR count). The van der Waals surface area contributed by atoms with Gasteiger partial charge < -0.3 is 9.30 Å². The lowest BCUT2D eigenvalue weighted by atomic mass is 10.1. The van der Waals surface area contributed by atoms with Gasteiger partial charge in [-0.2, -0.15) is 0 Å². The molecule has 1 unspecified atom stereocenters. The second kappa shape index (κ2) is 6.05. The van der Waals surface area contributed by atoms with Gasteiger partial charge >= 0.3 is 5.97 Å². The van der Waals surface area contributed by atoms with E-state index < -0.39 is 17.8 Å². The molecule has 6 nitrogen and oxygen atoms in total. The Hall–Kier alpha value is -2.57. The molecule has 1 aromatic carbocycles. The fraction of sp³-hybridized carbons (Fsp3) is 0.231. The molecular weight excluding hydrogens is 265 g/mol. The van der Waals surface area contributed by atoms with Crippen LogP contribution in [0.2, 0.25) is 0 Å². The number of carbonyl (C=O) groups is 1. The Morgan fingerprint density at radius 3 is 2.70 bits per heavy atom. The van der Waals surface area contributed by atoms with Gasteiger partial charge in [0, 0.05) is 0 Å². The minimum absolute atomic E-state index is 0.0404. The van der Waals surface area contributed by atoms with Crippen LogP contribution in [0.15, 0.2) is 42.0 Å². The number of benzene rings is 1. The van der Waals surface area contributed by atoms with Crippen LogP contribution in [0.4, 0.5) is 10.2 Å². The molecule has 104 valence electrons. The standard InChI is InChI=1S/C13H12FN3O3/c1-2-20-13(18)12(9-3-5-10(14)6-4-9)17-7-11(16-19)15-8-17/h3-8,12H,2H2,1H3. The van der Waals surface area contributed by atoms with Gasteiger partial charge in [0.15, 0.2) is 6.04 Å². The predicted octanol–water partition coefficient (Wildman–Crippen LogP) is 2.57. The molecule has 7 heteroatoms. The van der Waals surface area contributed by atoms with Crippen LogP contribution in [0.25, 0.3) is 0 Å². The van der Waals surface area contributed by atoms with Crippen molar-refractivity contribution in [3.63, 3.8) is 0 Å². The summed E-state index contributed by atoms with van der Waals surface area (Å²) in [6.45, 7) is 1.90. The van der Waals surface area contributed by atoms with E-state index in [1.54, 1.807) is 6.92 Å². The summed E-state index contributed by atoms with van der Waals surface area (Å²) >= 11 is 0. The van der Waals surface area contributed by atoms with E-state index in [1.165, 1.54) is 41.4 Å². The fourth-order valence-corrected chi connectivity index (χ4v) is 1.81. The van der Waals surface area contributed by atoms with E-state index in [0.29, 0.717) is 5.56 Å². The molecule has 0 aliphatic carbocycles. The maximum absolute atomic E-state index is 13.0. The number of hydrogen-bond donors (Lipinski definition) is 0. The van der Waals surface area contributed by atoms with E-state index in [1.807, 2.05) is 0 Å². The van der Waals surface area contributed by atoms with Crippen LogP contribution in [0.5, 0.6) is 0 Å². The third kappa shape index (κ3) is 2.87. The molecule has 1 atom stereocenters. The third-order valence-corrected chi connectivity index (χ3v) is 2.68. The minimum atomic E-state index is -0.835. The van der Waals surface area contributed by atoms with Gasteiger partial charge in [-0.15, -0.1) is 4.91 Å². The quantitative estimate of drug-likeness (QED) is 0.622. The van der Waals surface area contributed by atoms with Gasteiger partial charge in [-0.1, -0.05) is 12.1 Å². The highest BCUT2D eigenvalue weighted by Gasteiger charge is 2.24. The summed E-state index contributed by atoms with van der Waals surface area (Å²) in [5.74, 6) is -0.965. The first kappa shape index (κ1) is 13.9. The number of ether oxygens (including phenoxy) is 1. The number of imidazole rings is 1. The van der Waals surface area contributed by atoms with Crippen molar-refractivity contribution in [3.05, 3.63) is 53.1 Å². The second-order valence-corrected chi connectivity index (χ2v) is 3.98. The molecule has 20 heavy (non-hydrogen) atoms. The van der Waals surface area contributed by atoms with Crippen LogP contribution in [-0.2, 0) is 9.53 Å². The van der Waals surface area contributed by atoms with Crippen LogP contribution < -0.4 is 0 Å². The number of carbonyl (C=O) groups excluding carboxylic acids is 1. The molecule has 0 saturated heterocycles. The van der Waals surface area contributed by atoms with Gasteiger partial charge in [0.2, 0.25) is 5.82 Å². The average molecular weight is 277 g/mol. The number of nitrogens with zero attached hydrogens (tertiary/aromatic N) is 3. The summed E-state index contributed by atoms with van der Waals surface area (Å²) in [4.78, 5) is 26.2. The average Bonchev–Trinajstić information content (AvgIpc) is 2.90. The smallest absolute Gasteiger partial charge is 0.333 e. The lowest BCUT2D eigenvalue weighted by Crippen LogP contribution is -2.22. The van der Waals surface area contributed by atoms with Crippen LogP contribution in [0.1, 0.15) is 18.5 Å². The Kier molecular flexibility index (Phi) is 4.19. The Morgan fingerprint density at radius 2 is 2.15 bits per heavy atom. The van der Waals surface area contributed by atoms with Crippen molar-refractivity contribution < 1.29 is 13.9 Å². The number of halogens is 1. The maximum Gasteiger partial charge on any atom is 0.333 e. The van der Waals surface area contributed by atoms with Crippen LogP contribution in [-0.4, -0.2) is 22.1 Å². The Labute approximate surface area is 114 Å². The first-order valence-electron chi connectivity index (χ1n) is 5.94. The summed E-state index contributed by atoms with van der Waals surface area (Å²) in [5, 5.41) is 2.69. The minimum Gasteiger partial charge on any atom is -0.464 e. The van der Waals surface area contributed by atoms with E-state index in [0.717, 1.165) is 0 Å². The molecule has 0 aliphatic rings. The molecule has 0 bridgehead atoms. The van der Waals surface area contributed by atoms with Gasteiger partial charge in [-0.25, -0.2) is 14.2 Å². The number of rotatable bonds is 5.